The number of carbonyl (C=O) groups is 1. The minimum atomic E-state index is -2.93. The number of fused-ring (bicyclic) bond motifs is 3. The molecule has 0 radical (unpaired) electrons. The lowest BCUT2D eigenvalue weighted by Gasteiger charge is -2.07. The molecule has 1 saturated heterocycles. The van der Waals surface area contributed by atoms with Crippen molar-refractivity contribution in [2.45, 2.75) is 19.5 Å². The number of alkyl halides is 2. The summed E-state index contributed by atoms with van der Waals surface area (Å²) in [5.41, 5.74) is 7.46. The third-order valence-corrected chi connectivity index (χ3v) is 4.45. The molecule has 2 aromatic heterocycles. The molecule has 2 aromatic carbocycles. The van der Waals surface area contributed by atoms with Crippen molar-refractivity contribution in [3.63, 3.8) is 0 Å². The molecule has 4 aromatic rings. The Hall–Kier alpha value is -3.82. The van der Waals surface area contributed by atoms with Crippen LogP contribution in [0, 0.1) is 0 Å². The maximum atomic E-state index is 12.6. The Morgan fingerprint density at radius 3 is 2.57 bits per heavy atom. The summed E-state index contributed by atoms with van der Waals surface area (Å²) < 4.78 is 31.1. The van der Waals surface area contributed by atoms with Crippen molar-refractivity contribution in [3.8, 4) is 17.1 Å². The van der Waals surface area contributed by atoms with Crippen LogP contribution in [0.1, 0.15) is 12.8 Å². The summed E-state index contributed by atoms with van der Waals surface area (Å²) >= 11 is 0. The fourth-order valence-electron chi connectivity index (χ4n) is 3.11. The van der Waals surface area contributed by atoms with Gasteiger partial charge in [-0.2, -0.15) is 13.3 Å². The van der Waals surface area contributed by atoms with Crippen LogP contribution in [0.3, 0.4) is 0 Å². The number of nitrogen functional groups attached to an aromatic ring is 1. The van der Waals surface area contributed by atoms with Crippen LogP contribution in [0.4, 0.5) is 14.7 Å². The van der Waals surface area contributed by atoms with E-state index >= 15 is 0 Å². The second kappa shape index (κ2) is 8.27. The van der Waals surface area contributed by atoms with E-state index in [2.05, 4.69) is 25.1 Å². The van der Waals surface area contributed by atoms with Crippen LogP contribution < -0.4 is 15.8 Å². The van der Waals surface area contributed by atoms with Gasteiger partial charge in [0.05, 0.1) is 11.1 Å². The number of amides is 1. The molecule has 1 aliphatic rings. The molecular weight excluding hydrogens is 394 g/mol. The van der Waals surface area contributed by atoms with Gasteiger partial charge in [0.2, 0.25) is 11.9 Å². The third-order valence-electron chi connectivity index (χ3n) is 4.45. The molecule has 3 heterocycles. The van der Waals surface area contributed by atoms with Gasteiger partial charge in [0.25, 0.3) is 0 Å². The summed E-state index contributed by atoms with van der Waals surface area (Å²) in [7, 11) is 0. The zero-order valence-corrected chi connectivity index (χ0v) is 15.8. The maximum absolute atomic E-state index is 12.6. The van der Waals surface area contributed by atoms with Gasteiger partial charge in [-0.15, -0.1) is 5.10 Å². The van der Waals surface area contributed by atoms with E-state index in [1.54, 1.807) is 18.2 Å². The minimum Gasteiger partial charge on any atom is -0.434 e. The van der Waals surface area contributed by atoms with Crippen LogP contribution in [0.5, 0.6) is 5.75 Å². The molecule has 0 atom stereocenters. The van der Waals surface area contributed by atoms with Gasteiger partial charge < -0.3 is 15.8 Å². The van der Waals surface area contributed by atoms with E-state index in [-0.39, 0.29) is 23.4 Å². The van der Waals surface area contributed by atoms with Crippen LogP contribution in [0.2, 0.25) is 0 Å². The fourth-order valence-corrected chi connectivity index (χ4v) is 3.11. The molecule has 1 aliphatic heterocycles. The first-order valence-corrected chi connectivity index (χ1v) is 9.25. The molecule has 1 fully saturated rings. The molecule has 30 heavy (non-hydrogen) atoms. The maximum Gasteiger partial charge on any atom is 0.387 e. The molecule has 0 saturated carbocycles. The van der Waals surface area contributed by atoms with Gasteiger partial charge in [0.15, 0.2) is 11.5 Å². The molecule has 0 spiro atoms. The first-order chi connectivity index (χ1) is 14.5. The Morgan fingerprint density at radius 2 is 1.87 bits per heavy atom. The Kier molecular flexibility index (Phi) is 5.38. The number of nitrogens with zero attached hydrogens (tertiary/aromatic N) is 4. The number of rotatable bonds is 3. The molecular formula is C20H18F2N6O2. The first kappa shape index (κ1) is 19.5. The second-order valence-electron chi connectivity index (χ2n) is 6.49. The van der Waals surface area contributed by atoms with Gasteiger partial charge in [-0.05, 0) is 30.7 Å². The molecule has 0 aliphatic carbocycles. The van der Waals surface area contributed by atoms with E-state index < -0.39 is 6.61 Å². The van der Waals surface area contributed by atoms with Gasteiger partial charge in [-0.25, -0.2) is 9.97 Å². The molecule has 5 rings (SSSR count). The van der Waals surface area contributed by atoms with Gasteiger partial charge in [-0.3, -0.25) is 4.79 Å². The molecule has 8 nitrogen and oxygen atoms in total. The third kappa shape index (κ3) is 3.97. The van der Waals surface area contributed by atoms with E-state index in [1.807, 2.05) is 24.3 Å². The molecule has 10 heteroatoms. The smallest absolute Gasteiger partial charge is 0.387 e. The molecule has 0 bridgehead atoms. The van der Waals surface area contributed by atoms with E-state index in [0.717, 1.165) is 24.8 Å². The average molecular weight is 412 g/mol. The molecule has 0 unspecified atom stereocenters. The van der Waals surface area contributed by atoms with Crippen molar-refractivity contribution in [2.24, 2.45) is 0 Å². The SMILES string of the molecule is Nc1nc2ccccc2c2nc(-c3ccccc3OC(F)F)nn12.O=C1CCCN1. The zero-order chi connectivity index (χ0) is 21.1. The van der Waals surface area contributed by atoms with Crippen molar-refractivity contribution >= 4 is 28.4 Å². The van der Waals surface area contributed by atoms with Crippen LogP contribution in [-0.2, 0) is 4.79 Å². The summed E-state index contributed by atoms with van der Waals surface area (Å²) in [5, 5.41) is 7.74. The monoisotopic (exact) mass is 412 g/mol. The summed E-state index contributed by atoms with van der Waals surface area (Å²) in [6, 6.07) is 13.7. The highest BCUT2D eigenvalue weighted by atomic mass is 19.3. The Balaban J connectivity index is 0.000000313. The van der Waals surface area contributed by atoms with Crippen molar-refractivity contribution in [3.05, 3.63) is 48.5 Å². The van der Waals surface area contributed by atoms with Crippen molar-refractivity contribution < 1.29 is 18.3 Å². The quantitative estimate of drug-likeness (QED) is 0.536. The van der Waals surface area contributed by atoms with Crippen molar-refractivity contribution in [2.75, 3.05) is 12.3 Å². The largest absolute Gasteiger partial charge is 0.434 e. The number of hydrogen-bond donors (Lipinski definition) is 2. The average Bonchev–Trinajstić information content (AvgIpc) is 3.38. The Morgan fingerprint density at radius 1 is 1.10 bits per heavy atom. The number of halogens is 2. The van der Waals surface area contributed by atoms with E-state index in [0.29, 0.717) is 16.7 Å². The number of benzene rings is 2. The van der Waals surface area contributed by atoms with E-state index in [4.69, 9.17) is 5.73 Å². The van der Waals surface area contributed by atoms with Crippen LogP contribution in [0.15, 0.2) is 48.5 Å². The summed E-state index contributed by atoms with van der Waals surface area (Å²) in [4.78, 5) is 18.8. The first-order valence-electron chi connectivity index (χ1n) is 9.25. The topological polar surface area (TPSA) is 107 Å². The molecule has 1 amide bonds. The van der Waals surface area contributed by atoms with E-state index in [9.17, 15) is 13.6 Å². The number of hydrogen-bond acceptors (Lipinski definition) is 6. The zero-order valence-electron chi connectivity index (χ0n) is 15.8. The van der Waals surface area contributed by atoms with Gasteiger partial charge in [0.1, 0.15) is 5.75 Å². The number of carbonyl (C=O) groups excluding carboxylic acids is 1. The minimum absolute atomic E-state index is 0.000702. The number of nitrogens with one attached hydrogen (secondary N) is 1. The van der Waals surface area contributed by atoms with Crippen LogP contribution >= 0.6 is 0 Å². The lowest BCUT2D eigenvalue weighted by Crippen LogP contribution is -2.12. The standard InChI is InChI=1S/C16H11F2N5O.C4H7NO/c17-15(18)24-12-8-4-2-6-10(12)13-21-14-9-5-1-3-7-11(9)20-16(19)23(14)22-13;6-4-2-1-3-5-4/h1-8,15H,(H2,19,20);1-3H2,(H,5,6). The van der Waals surface area contributed by atoms with Crippen LogP contribution in [0.25, 0.3) is 27.9 Å². The van der Waals surface area contributed by atoms with E-state index in [1.165, 1.54) is 10.6 Å². The predicted octanol–water partition coefficient (Wildman–Crippen LogP) is 3.02. The summed E-state index contributed by atoms with van der Waals surface area (Å²) in [6.07, 6.45) is 1.76. The lowest BCUT2D eigenvalue weighted by molar-refractivity contribution is -0.119. The number of para-hydroxylation sites is 2. The molecule has 154 valence electrons. The Labute approximate surface area is 169 Å². The van der Waals surface area contributed by atoms with Gasteiger partial charge in [-0.1, -0.05) is 24.3 Å². The second-order valence-corrected chi connectivity index (χ2v) is 6.49. The normalized spacial score (nSPS) is 13.4. The fraction of sp³-hybridized carbons (Fsp3) is 0.200. The number of anilines is 1. The van der Waals surface area contributed by atoms with Crippen molar-refractivity contribution in [1.82, 2.24) is 24.9 Å². The number of ether oxygens (including phenoxy) is 1. The van der Waals surface area contributed by atoms with Crippen LogP contribution in [-0.4, -0.2) is 38.6 Å². The van der Waals surface area contributed by atoms with Gasteiger partial charge >= 0.3 is 6.61 Å². The van der Waals surface area contributed by atoms with Gasteiger partial charge in [0, 0.05) is 18.4 Å². The highest BCUT2D eigenvalue weighted by Gasteiger charge is 2.17. The highest BCUT2D eigenvalue weighted by molar-refractivity contribution is 5.92. The molecule has 3 N–H and O–H groups in total. The number of aromatic nitrogens is 4. The Bertz CT molecular complexity index is 1200. The highest BCUT2D eigenvalue weighted by Crippen LogP contribution is 2.30. The summed E-state index contributed by atoms with van der Waals surface area (Å²) in [5.74, 6) is 0.597. The number of nitrogens with two attached hydrogens (primary N) is 1. The summed E-state index contributed by atoms with van der Waals surface area (Å²) in [6.45, 7) is -2.05. The lowest BCUT2D eigenvalue weighted by atomic mass is 10.2. The predicted molar refractivity (Wildman–Crippen MR) is 107 cm³/mol. The van der Waals surface area contributed by atoms with Crippen molar-refractivity contribution in [1.29, 1.82) is 0 Å².